The number of aliphatic carboxylic acids is 1. The van der Waals surface area contributed by atoms with Crippen molar-refractivity contribution in [3.8, 4) is 0 Å². The van der Waals surface area contributed by atoms with E-state index in [0.29, 0.717) is 16.6 Å². The van der Waals surface area contributed by atoms with E-state index < -0.39 is 5.97 Å². The van der Waals surface area contributed by atoms with Crippen molar-refractivity contribution in [3.63, 3.8) is 0 Å². The molecular formula is C16H21Cl2NO2. The Balaban J connectivity index is 2.19. The standard InChI is InChI=1S/C16H21Cl2NO2/c1-19(11-12-9-13(17)5-6-14(12)18)16(10-15(20)21)7-3-2-4-8-16/h5-6,9H,2-4,7-8,10-11H2,1H3,(H,20,21). The Bertz CT molecular complexity index is 513. The van der Waals surface area contributed by atoms with Gasteiger partial charge in [-0.1, -0.05) is 42.5 Å². The zero-order chi connectivity index (χ0) is 15.5. The Labute approximate surface area is 135 Å². The Hall–Kier alpha value is -0.770. The van der Waals surface area contributed by atoms with Gasteiger partial charge in [0.2, 0.25) is 0 Å². The number of rotatable bonds is 5. The Morgan fingerprint density at radius 3 is 2.57 bits per heavy atom. The van der Waals surface area contributed by atoms with Crippen LogP contribution in [0.3, 0.4) is 0 Å². The van der Waals surface area contributed by atoms with Crippen LogP contribution in [0.2, 0.25) is 10.0 Å². The van der Waals surface area contributed by atoms with Crippen LogP contribution in [0.25, 0.3) is 0 Å². The molecule has 1 aromatic carbocycles. The van der Waals surface area contributed by atoms with Crippen molar-refractivity contribution in [2.24, 2.45) is 0 Å². The van der Waals surface area contributed by atoms with E-state index in [2.05, 4.69) is 4.90 Å². The molecule has 5 heteroatoms. The molecule has 0 atom stereocenters. The molecule has 0 aliphatic heterocycles. The summed E-state index contributed by atoms with van der Waals surface area (Å²) in [4.78, 5) is 13.4. The van der Waals surface area contributed by atoms with Crippen molar-refractivity contribution < 1.29 is 9.90 Å². The molecule has 3 nitrogen and oxygen atoms in total. The molecule has 0 unspecified atom stereocenters. The quantitative estimate of drug-likeness (QED) is 0.857. The molecule has 0 aromatic heterocycles. The van der Waals surface area contributed by atoms with Gasteiger partial charge in [0.25, 0.3) is 0 Å². The fourth-order valence-electron chi connectivity index (χ4n) is 3.27. The van der Waals surface area contributed by atoms with E-state index in [4.69, 9.17) is 23.2 Å². The minimum absolute atomic E-state index is 0.182. The number of carboxylic acids is 1. The normalized spacial score (nSPS) is 17.9. The van der Waals surface area contributed by atoms with Gasteiger partial charge in [0.1, 0.15) is 0 Å². The van der Waals surface area contributed by atoms with E-state index in [1.54, 1.807) is 12.1 Å². The molecule has 0 bridgehead atoms. The van der Waals surface area contributed by atoms with Crippen LogP contribution in [0, 0.1) is 0 Å². The van der Waals surface area contributed by atoms with Gasteiger partial charge < -0.3 is 5.11 Å². The predicted molar refractivity (Wildman–Crippen MR) is 86.0 cm³/mol. The number of carboxylic acid groups (broad SMARTS) is 1. The van der Waals surface area contributed by atoms with Crippen molar-refractivity contribution in [3.05, 3.63) is 33.8 Å². The zero-order valence-corrected chi connectivity index (χ0v) is 13.8. The van der Waals surface area contributed by atoms with Crippen LogP contribution in [-0.4, -0.2) is 28.6 Å². The first-order valence-electron chi connectivity index (χ1n) is 7.30. The molecule has 0 radical (unpaired) electrons. The van der Waals surface area contributed by atoms with Gasteiger partial charge in [0.15, 0.2) is 0 Å². The molecule has 1 aliphatic rings. The van der Waals surface area contributed by atoms with Gasteiger partial charge in [-0.25, -0.2) is 0 Å². The largest absolute Gasteiger partial charge is 0.481 e. The molecule has 1 fully saturated rings. The lowest BCUT2D eigenvalue weighted by molar-refractivity contribution is -0.141. The SMILES string of the molecule is CN(Cc1cc(Cl)ccc1Cl)C1(CC(=O)O)CCCCC1. The van der Waals surface area contributed by atoms with Crippen molar-refractivity contribution in [1.82, 2.24) is 4.90 Å². The van der Waals surface area contributed by atoms with Gasteiger partial charge in [-0.05, 0) is 43.7 Å². The molecule has 2 rings (SSSR count). The lowest BCUT2D eigenvalue weighted by atomic mass is 9.78. The first-order chi connectivity index (χ1) is 9.93. The minimum Gasteiger partial charge on any atom is -0.481 e. The van der Waals surface area contributed by atoms with Crippen LogP contribution in [0.4, 0.5) is 0 Å². The van der Waals surface area contributed by atoms with E-state index in [9.17, 15) is 9.90 Å². The second-order valence-corrected chi connectivity index (χ2v) is 6.79. The number of carbonyl (C=O) groups is 1. The maximum absolute atomic E-state index is 11.3. The number of benzene rings is 1. The van der Waals surface area contributed by atoms with Gasteiger partial charge in [-0.3, -0.25) is 9.69 Å². The highest BCUT2D eigenvalue weighted by Gasteiger charge is 2.38. The van der Waals surface area contributed by atoms with Crippen LogP contribution in [0.1, 0.15) is 44.1 Å². The predicted octanol–water partition coefficient (Wildman–Crippen LogP) is 4.60. The summed E-state index contributed by atoms with van der Waals surface area (Å²) in [7, 11) is 1.99. The van der Waals surface area contributed by atoms with E-state index in [1.165, 1.54) is 6.42 Å². The highest BCUT2D eigenvalue weighted by Crippen LogP contribution is 2.37. The van der Waals surface area contributed by atoms with Crippen molar-refractivity contribution in [1.29, 1.82) is 0 Å². The average Bonchev–Trinajstić information content (AvgIpc) is 2.43. The summed E-state index contributed by atoms with van der Waals surface area (Å²) in [5.74, 6) is -0.735. The summed E-state index contributed by atoms with van der Waals surface area (Å²) in [6, 6.07) is 5.41. The van der Waals surface area contributed by atoms with Crippen LogP contribution in [0.5, 0.6) is 0 Å². The van der Waals surface area contributed by atoms with Gasteiger partial charge in [-0.2, -0.15) is 0 Å². The molecule has 1 N–H and O–H groups in total. The smallest absolute Gasteiger partial charge is 0.305 e. The number of halogens is 2. The molecular weight excluding hydrogens is 309 g/mol. The van der Waals surface area contributed by atoms with E-state index >= 15 is 0 Å². The molecule has 116 valence electrons. The van der Waals surface area contributed by atoms with Crippen LogP contribution >= 0.6 is 23.2 Å². The fourth-order valence-corrected chi connectivity index (χ4v) is 3.64. The maximum atomic E-state index is 11.3. The molecule has 0 heterocycles. The summed E-state index contributed by atoms with van der Waals surface area (Å²) < 4.78 is 0. The lowest BCUT2D eigenvalue weighted by Gasteiger charge is -2.44. The Kier molecular flexibility index (Phi) is 5.53. The summed E-state index contributed by atoms with van der Waals surface area (Å²) in [6.45, 7) is 0.618. The van der Waals surface area contributed by atoms with E-state index in [1.807, 2.05) is 13.1 Å². The lowest BCUT2D eigenvalue weighted by Crippen LogP contribution is -2.49. The third-order valence-corrected chi connectivity index (χ3v) is 5.09. The fraction of sp³-hybridized carbons (Fsp3) is 0.562. The molecule has 1 aliphatic carbocycles. The number of hydrogen-bond acceptors (Lipinski definition) is 2. The highest BCUT2D eigenvalue weighted by atomic mass is 35.5. The van der Waals surface area contributed by atoms with Gasteiger partial charge in [-0.15, -0.1) is 0 Å². The molecule has 1 aromatic rings. The summed E-state index contributed by atoms with van der Waals surface area (Å²) in [6.07, 6.45) is 5.39. The van der Waals surface area contributed by atoms with Crippen molar-refractivity contribution in [2.45, 2.75) is 50.6 Å². The third kappa shape index (κ3) is 4.12. The number of nitrogens with zero attached hydrogens (tertiary/aromatic N) is 1. The van der Waals surface area contributed by atoms with Crippen molar-refractivity contribution in [2.75, 3.05) is 7.05 Å². The first-order valence-corrected chi connectivity index (χ1v) is 8.05. The molecule has 21 heavy (non-hydrogen) atoms. The second-order valence-electron chi connectivity index (χ2n) is 5.95. The number of hydrogen-bond donors (Lipinski definition) is 1. The third-order valence-electron chi connectivity index (χ3n) is 4.49. The zero-order valence-electron chi connectivity index (χ0n) is 12.2. The molecule has 0 spiro atoms. The van der Waals surface area contributed by atoms with Crippen molar-refractivity contribution >= 4 is 29.2 Å². The Morgan fingerprint density at radius 2 is 1.95 bits per heavy atom. The van der Waals surface area contributed by atoms with Crippen LogP contribution in [-0.2, 0) is 11.3 Å². The van der Waals surface area contributed by atoms with Gasteiger partial charge >= 0.3 is 5.97 Å². The molecule has 0 saturated heterocycles. The summed E-state index contributed by atoms with van der Waals surface area (Å²) in [5, 5.41) is 10.6. The minimum atomic E-state index is -0.735. The molecule has 1 saturated carbocycles. The van der Waals surface area contributed by atoms with Gasteiger partial charge in [0, 0.05) is 22.1 Å². The van der Waals surface area contributed by atoms with Crippen LogP contribution in [0.15, 0.2) is 18.2 Å². The first kappa shape index (κ1) is 16.6. The monoisotopic (exact) mass is 329 g/mol. The maximum Gasteiger partial charge on any atom is 0.305 e. The highest BCUT2D eigenvalue weighted by molar-refractivity contribution is 6.33. The molecule has 0 amide bonds. The topological polar surface area (TPSA) is 40.5 Å². The second kappa shape index (κ2) is 6.99. The van der Waals surface area contributed by atoms with E-state index in [-0.39, 0.29) is 12.0 Å². The van der Waals surface area contributed by atoms with E-state index in [0.717, 1.165) is 31.2 Å². The van der Waals surface area contributed by atoms with Gasteiger partial charge in [0.05, 0.1) is 6.42 Å². The van der Waals surface area contributed by atoms with Crippen LogP contribution < -0.4 is 0 Å². The summed E-state index contributed by atoms with van der Waals surface area (Å²) >= 11 is 12.3. The summed E-state index contributed by atoms with van der Waals surface area (Å²) in [5.41, 5.74) is 0.678. The Morgan fingerprint density at radius 1 is 1.29 bits per heavy atom. The average molecular weight is 330 g/mol.